The number of benzene rings is 4. The Balaban J connectivity index is 1.51. The van der Waals surface area contributed by atoms with Crippen molar-refractivity contribution < 1.29 is 28.5 Å². The number of fused-ring (bicyclic) bond motifs is 2. The Morgan fingerprint density at radius 1 is 0.732 bits per heavy atom. The van der Waals surface area contributed by atoms with Crippen molar-refractivity contribution in [2.45, 2.75) is 12.4 Å². The lowest BCUT2D eigenvalue weighted by Gasteiger charge is -2.22. The van der Waals surface area contributed by atoms with E-state index in [9.17, 15) is 19.8 Å². The van der Waals surface area contributed by atoms with Crippen LogP contribution in [0.5, 0.6) is 11.5 Å². The molecule has 2 aromatic heterocycles. The van der Waals surface area contributed by atoms with Crippen LogP contribution >= 0.6 is 0 Å². The molecule has 0 aliphatic heterocycles. The minimum Gasteiger partial charge on any atom is -0.496 e. The molecule has 1 unspecified atom stereocenters. The molecule has 8 nitrogen and oxygen atoms in total. The monoisotopic (exact) mass is 548 g/mol. The third-order valence-electron chi connectivity index (χ3n) is 6.76. The summed E-state index contributed by atoms with van der Waals surface area (Å²) in [5, 5.41) is 21.4. The first-order valence-corrected chi connectivity index (χ1v) is 12.8. The second-order valence-electron chi connectivity index (χ2n) is 9.33. The minimum atomic E-state index is -2.05. The average molecular weight is 549 g/mol. The fourth-order valence-corrected chi connectivity index (χ4v) is 4.76. The lowest BCUT2D eigenvalue weighted by atomic mass is 10.0. The third-order valence-corrected chi connectivity index (χ3v) is 6.76. The molecule has 0 amide bonds. The maximum absolute atomic E-state index is 13.7. The second kappa shape index (κ2) is 10.8. The van der Waals surface area contributed by atoms with Gasteiger partial charge in [-0.3, -0.25) is 9.59 Å². The summed E-state index contributed by atoms with van der Waals surface area (Å²) in [6, 6.07) is 28.7. The van der Waals surface area contributed by atoms with Crippen LogP contribution in [0, 0.1) is 0 Å². The number of para-hydroxylation sites is 2. The zero-order chi connectivity index (χ0) is 28.5. The first kappa shape index (κ1) is 26.1. The summed E-state index contributed by atoms with van der Waals surface area (Å²) in [7, 11) is 1.49. The predicted molar refractivity (Wildman–Crippen MR) is 154 cm³/mol. The molecule has 6 rings (SSSR count). The molecule has 0 aliphatic carbocycles. The lowest BCUT2D eigenvalue weighted by molar-refractivity contribution is -0.114. The van der Waals surface area contributed by atoms with Crippen molar-refractivity contribution in [3.8, 4) is 34.1 Å². The topological polar surface area (TPSA) is 119 Å². The summed E-state index contributed by atoms with van der Waals surface area (Å²) < 4.78 is 23.8. The molecule has 1 atom stereocenters. The standard InChI is InChI=1S/C33H24O8/c1-38-25-13-7-6-12-23(25)31-32(29(35)22-11-5-8-14-26(22)40-31)41-30(33(36)37)20-15-16-21-24(34)18-27(39-28(21)17-20)19-9-3-2-4-10-19/h2-18,30,33,36-37H,1H3. The van der Waals surface area contributed by atoms with Gasteiger partial charge < -0.3 is 28.5 Å². The Morgan fingerprint density at radius 2 is 1.46 bits per heavy atom. The highest BCUT2D eigenvalue weighted by molar-refractivity contribution is 5.83. The summed E-state index contributed by atoms with van der Waals surface area (Å²) in [6.07, 6.45) is -3.49. The summed E-state index contributed by atoms with van der Waals surface area (Å²) in [5.41, 5.74) is 1.20. The van der Waals surface area contributed by atoms with Crippen LogP contribution in [0.3, 0.4) is 0 Å². The van der Waals surface area contributed by atoms with E-state index in [-0.39, 0.29) is 33.5 Å². The first-order valence-electron chi connectivity index (χ1n) is 12.8. The summed E-state index contributed by atoms with van der Waals surface area (Å²) in [6.45, 7) is 0. The smallest absolute Gasteiger partial charge is 0.235 e. The van der Waals surface area contributed by atoms with E-state index in [1.807, 2.05) is 30.3 Å². The highest BCUT2D eigenvalue weighted by Crippen LogP contribution is 2.39. The fourth-order valence-electron chi connectivity index (χ4n) is 4.76. The van der Waals surface area contributed by atoms with Gasteiger partial charge in [-0.1, -0.05) is 60.7 Å². The molecule has 2 N–H and O–H groups in total. The van der Waals surface area contributed by atoms with Crippen LogP contribution in [0.2, 0.25) is 0 Å². The van der Waals surface area contributed by atoms with E-state index in [4.69, 9.17) is 18.3 Å². The van der Waals surface area contributed by atoms with Gasteiger partial charge in [0.15, 0.2) is 23.6 Å². The van der Waals surface area contributed by atoms with E-state index in [0.29, 0.717) is 33.6 Å². The second-order valence-corrected chi connectivity index (χ2v) is 9.33. The number of methoxy groups -OCH3 is 1. The summed E-state index contributed by atoms with van der Waals surface area (Å²) in [4.78, 5) is 26.6. The largest absolute Gasteiger partial charge is 0.496 e. The van der Waals surface area contributed by atoms with E-state index in [2.05, 4.69) is 0 Å². The molecule has 0 fully saturated rings. The molecular weight excluding hydrogens is 524 g/mol. The summed E-state index contributed by atoms with van der Waals surface area (Å²) in [5.74, 6) is 0.620. The van der Waals surface area contributed by atoms with Crippen molar-refractivity contribution >= 4 is 21.9 Å². The third kappa shape index (κ3) is 4.86. The maximum Gasteiger partial charge on any atom is 0.235 e. The Labute approximate surface area is 233 Å². The van der Waals surface area contributed by atoms with E-state index >= 15 is 0 Å². The van der Waals surface area contributed by atoms with Crippen molar-refractivity contribution in [1.29, 1.82) is 0 Å². The molecule has 0 spiro atoms. The minimum absolute atomic E-state index is 0.0653. The fraction of sp³-hybridized carbons (Fsp3) is 0.0909. The molecular formula is C33H24O8. The van der Waals surface area contributed by atoms with Crippen LogP contribution in [-0.4, -0.2) is 23.6 Å². The van der Waals surface area contributed by atoms with Gasteiger partial charge in [-0.15, -0.1) is 0 Å². The number of aliphatic hydroxyl groups excluding tert-OH is 1. The van der Waals surface area contributed by atoms with Gasteiger partial charge in [0.25, 0.3) is 0 Å². The normalized spacial score (nSPS) is 12.1. The van der Waals surface area contributed by atoms with Gasteiger partial charge >= 0.3 is 0 Å². The van der Waals surface area contributed by atoms with Gasteiger partial charge in [-0.2, -0.15) is 0 Å². The molecule has 204 valence electrons. The number of ether oxygens (including phenoxy) is 2. The molecule has 0 saturated heterocycles. The van der Waals surface area contributed by atoms with Crippen molar-refractivity contribution in [3.63, 3.8) is 0 Å². The number of hydrogen-bond donors (Lipinski definition) is 2. The molecule has 8 heteroatoms. The van der Waals surface area contributed by atoms with Crippen molar-refractivity contribution in [3.05, 3.63) is 129 Å². The Morgan fingerprint density at radius 3 is 2.24 bits per heavy atom. The quantitative estimate of drug-likeness (QED) is 0.245. The van der Waals surface area contributed by atoms with E-state index in [0.717, 1.165) is 0 Å². The molecule has 41 heavy (non-hydrogen) atoms. The maximum atomic E-state index is 13.7. The Bertz CT molecular complexity index is 1990. The molecule has 0 saturated carbocycles. The summed E-state index contributed by atoms with van der Waals surface area (Å²) >= 11 is 0. The number of hydrogen-bond acceptors (Lipinski definition) is 8. The van der Waals surface area contributed by atoms with Gasteiger partial charge in [-0.05, 0) is 36.4 Å². The van der Waals surface area contributed by atoms with Gasteiger partial charge in [-0.25, -0.2) is 0 Å². The van der Waals surface area contributed by atoms with Gasteiger partial charge in [0.05, 0.1) is 23.4 Å². The zero-order valence-electron chi connectivity index (χ0n) is 21.8. The van der Waals surface area contributed by atoms with E-state index in [1.54, 1.807) is 48.5 Å². The van der Waals surface area contributed by atoms with E-state index in [1.165, 1.54) is 31.4 Å². The molecule has 2 heterocycles. The van der Waals surface area contributed by atoms with Crippen LogP contribution in [0.15, 0.2) is 122 Å². The molecule has 0 radical (unpaired) electrons. The molecule has 0 bridgehead atoms. The lowest BCUT2D eigenvalue weighted by Crippen LogP contribution is -2.26. The van der Waals surface area contributed by atoms with Crippen molar-refractivity contribution in [1.82, 2.24) is 0 Å². The van der Waals surface area contributed by atoms with Gasteiger partial charge in [0.2, 0.25) is 11.2 Å². The van der Waals surface area contributed by atoms with Crippen LogP contribution < -0.4 is 20.3 Å². The first-order chi connectivity index (χ1) is 19.9. The Kier molecular flexibility index (Phi) is 6.84. The highest BCUT2D eigenvalue weighted by Gasteiger charge is 2.28. The number of rotatable bonds is 7. The van der Waals surface area contributed by atoms with Crippen LogP contribution in [0.25, 0.3) is 44.6 Å². The van der Waals surface area contributed by atoms with Crippen LogP contribution in [-0.2, 0) is 0 Å². The predicted octanol–water partition coefficient (Wildman–Crippen LogP) is 5.67. The molecule has 0 aliphatic rings. The molecule has 4 aromatic carbocycles. The SMILES string of the molecule is COc1ccccc1-c1oc2ccccc2c(=O)c1OC(c1ccc2c(=O)cc(-c3ccccc3)oc2c1)C(O)O. The van der Waals surface area contributed by atoms with Crippen molar-refractivity contribution in [2.24, 2.45) is 0 Å². The van der Waals surface area contributed by atoms with Crippen LogP contribution in [0.4, 0.5) is 0 Å². The Hall–Kier alpha value is -5.18. The molecule has 6 aromatic rings. The zero-order valence-corrected chi connectivity index (χ0v) is 21.8. The number of aliphatic hydroxyl groups is 2. The van der Waals surface area contributed by atoms with Crippen LogP contribution in [0.1, 0.15) is 11.7 Å². The average Bonchev–Trinajstić information content (AvgIpc) is 3.00. The van der Waals surface area contributed by atoms with E-state index < -0.39 is 17.8 Å². The van der Waals surface area contributed by atoms with Gasteiger partial charge in [0, 0.05) is 17.2 Å². The highest BCUT2D eigenvalue weighted by atomic mass is 16.6. The van der Waals surface area contributed by atoms with Gasteiger partial charge in [0.1, 0.15) is 22.7 Å². The van der Waals surface area contributed by atoms with Crippen molar-refractivity contribution in [2.75, 3.05) is 7.11 Å².